The molecule has 2 heterocycles. The molecule has 0 aromatic heterocycles. The van der Waals surface area contributed by atoms with E-state index in [0.29, 0.717) is 24.8 Å². The van der Waals surface area contributed by atoms with Crippen molar-refractivity contribution in [3.8, 4) is 0 Å². The van der Waals surface area contributed by atoms with E-state index in [4.69, 9.17) is 0 Å². The molecule has 0 saturated carbocycles. The van der Waals surface area contributed by atoms with Gasteiger partial charge in [-0.25, -0.2) is 0 Å². The van der Waals surface area contributed by atoms with Gasteiger partial charge in [-0.1, -0.05) is 33.1 Å². The molecule has 0 radical (unpaired) electrons. The number of piperidine rings is 1. The van der Waals surface area contributed by atoms with E-state index in [1.54, 1.807) is 0 Å². The van der Waals surface area contributed by atoms with Crippen LogP contribution in [0.1, 0.15) is 58.8 Å². The van der Waals surface area contributed by atoms with Gasteiger partial charge in [0.1, 0.15) is 0 Å². The lowest BCUT2D eigenvalue weighted by atomic mass is 9.94. The molecule has 2 unspecified atom stereocenters. The van der Waals surface area contributed by atoms with Crippen molar-refractivity contribution in [1.29, 1.82) is 0 Å². The highest BCUT2D eigenvalue weighted by Gasteiger charge is 2.31. The van der Waals surface area contributed by atoms with E-state index in [1.807, 2.05) is 9.80 Å². The maximum Gasteiger partial charge on any atom is 0.236 e. The Morgan fingerprint density at radius 1 is 1.33 bits per heavy atom. The topological polar surface area (TPSA) is 52.7 Å². The second-order valence-electron chi connectivity index (χ2n) is 7.02. The lowest BCUT2D eigenvalue weighted by Crippen LogP contribution is -2.57. The van der Waals surface area contributed by atoms with Crippen LogP contribution >= 0.6 is 12.4 Å². The Balaban J connectivity index is 0.00000288. The molecule has 140 valence electrons. The van der Waals surface area contributed by atoms with Gasteiger partial charge in [0.2, 0.25) is 11.8 Å². The Kier molecular flexibility index (Phi) is 9.67. The molecule has 5 nitrogen and oxygen atoms in total. The highest BCUT2D eigenvalue weighted by molar-refractivity contribution is 5.85. The predicted octanol–water partition coefficient (Wildman–Crippen LogP) is 2.44. The lowest BCUT2D eigenvalue weighted by Gasteiger charge is -2.41. The van der Waals surface area contributed by atoms with Crippen LogP contribution < -0.4 is 5.32 Å². The second kappa shape index (κ2) is 10.9. The minimum absolute atomic E-state index is 0. The van der Waals surface area contributed by atoms with Crippen LogP contribution in [0.3, 0.4) is 0 Å². The average molecular weight is 360 g/mol. The Bertz CT molecular complexity index is 406. The summed E-state index contributed by atoms with van der Waals surface area (Å²) in [4.78, 5) is 28.7. The van der Waals surface area contributed by atoms with E-state index in [2.05, 4.69) is 19.2 Å². The first kappa shape index (κ1) is 21.2. The summed E-state index contributed by atoms with van der Waals surface area (Å²) in [5.74, 6) is 0.994. The molecule has 2 amide bonds. The molecule has 1 N–H and O–H groups in total. The summed E-state index contributed by atoms with van der Waals surface area (Å²) >= 11 is 0. The summed E-state index contributed by atoms with van der Waals surface area (Å²) in [6.45, 7) is 8.07. The SMILES string of the molecule is CCCCC(CC)CC(=O)N1CCCC(N2CCNCC2=O)C1.Cl. The lowest BCUT2D eigenvalue weighted by molar-refractivity contribution is -0.141. The van der Waals surface area contributed by atoms with Crippen molar-refractivity contribution >= 4 is 24.2 Å². The second-order valence-corrected chi connectivity index (χ2v) is 7.02. The van der Waals surface area contributed by atoms with Gasteiger partial charge in [0, 0.05) is 38.6 Å². The molecule has 0 aromatic carbocycles. The smallest absolute Gasteiger partial charge is 0.236 e. The van der Waals surface area contributed by atoms with Gasteiger partial charge in [0.05, 0.1) is 6.54 Å². The largest absolute Gasteiger partial charge is 0.341 e. The Labute approximate surface area is 152 Å². The molecule has 2 rings (SSSR count). The zero-order valence-electron chi connectivity index (χ0n) is 15.3. The molecule has 24 heavy (non-hydrogen) atoms. The zero-order chi connectivity index (χ0) is 16.7. The van der Waals surface area contributed by atoms with E-state index in [1.165, 1.54) is 12.8 Å². The number of amides is 2. The molecule has 2 aliphatic heterocycles. The van der Waals surface area contributed by atoms with Crippen LogP contribution in [0.15, 0.2) is 0 Å². The number of carbonyl (C=O) groups excluding carboxylic acids is 2. The monoisotopic (exact) mass is 359 g/mol. The molecular weight excluding hydrogens is 326 g/mol. The van der Waals surface area contributed by atoms with Gasteiger partial charge < -0.3 is 15.1 Å². The fraction of sp³-hybridized carbons (Fsp3) is 0.889. The van der Waals surface area contributed by atoms with Gasteiger partial charge in [-0.3, -0.25) is 9.59 Å². The molecule has 2 saturated heterocycles. The summed E-state index contributed by atoms with van der Waals surface area (Å²) in [6, 6.07) is 0.220. The molecule has 0 bridgehead atoms. The van der Waals surface area contributed by atoms with Gasteiger partial charge in [0.25, 0.3) is 0 Å². The molecule has 6 heteroatoms. The van der Waals surface area contributed by atoms with Crippen molar-refractivity contribution in [2.75, 3.05) is 32.7 Å². The third kappa shape index (κ3) is 5.92. The molecular formula is C18H34ClN3O2. The number of hydrogen-bond donors (Lipinski definition) is 1. The van der Waals surface area contributed by atoms with Crippen LogP contribution in [0, 0.1) is 5.92 Å². The number of piperazine rings is 1. The van der Waals surface area contributed by atoms with Crippen LogP contribution in [-0.4, -0.2) is 60.4 Å². The zero-order valence-corrected chi connectivity index (χ0v) is 16.1. The Morgan fingerprint density at radius 3 is 2.79 bits per heavy atom. The summed E-state index contributed by atoms with van der Waals surface area (Å²) < 4.78 is 0. The maximum atomic E-state index is 12.7. The third-order valence-electron chi connectivity index (χ3n) is 5.32. The summed E-state index contributed by atoms with van der Waals surface area (Å²) in [5.41, 5.74) is 0. The minimum atomic E-state index is 0. The van der Waals surface area contributed by atoms with E-state index in [0.717, 1.165) is 51.9 Å². The molecule has 2 atom stereocenters. The van der Waals surface area contributed by atoms with Crippen molar-refractivity contribution < 1.29 is 9.59 Å². The van der Waals surface area contributed by atoms with Crippen LogP contribution in [-0.2, 0) is 9.59 Å². The highest BCUT2D eigenvalue weighted by Crippen LogP contribution is 2.22. The summed E-state index contributed by atoms with van der Waals surface area (Å²) in [7, 11) is 0. The van der Waals surface area contributed by atoms with E-state index in [9.17, 15) is 9.59 Å². The van der Waals surface area contributed by atoms with Crippen molar-refractivity contribution in [1.82, 2.24) is 15.1 Å². The molecule has 0 aliphatic carbocycles. The fourth-order valence-corrected chi connectivity index (χ4v) is 3.76. The first-order chi connectivity index (χ1) is 11.2. The van der Waals surface area contributed by atoms with E-state index in [-0.39, 0.29) is 24.4 Å². The van der Waals surface area contributed by atoms with Gasteiger partial charge in [-0.05, 0) is 25.2 Å². The van der Waals surface area contributed by atoms with Gasteiger partial charge in [-0.15, -0.1) is 12.4 Å². The number of nitrogens with zero attached hydrogens (tertiary/aromatic N) is 2. The molecule has 2 fully saturated rings. The van der Waals surface area contributed by atoms with Gasteiger partial charge in [0.15, 0.2) is 0 Å². The normalized spacial score (nSPS) is 22.9. The average Bonchev–Trinajstić information content (AvgIpc) is 2.59. The molecule has 0 aromatic rings. The van der Waals surface area contributed by atoms with Gasteiger partial charge in [-0.2, -0.15) is 0 Å². The quantitative estimate of drug-likeness (QED) is 0.759. The van der Waals surface area contributed by atoms with E-state index < -0.39 is 0 Å². The highest BCUT2D eigenvalue weighted by atomic mass is 35.5. The molecule has 0 spiro atoms. The number of nitrogens with one attached hydrogen (secondary N) is 1. The van der Waals surface area contributed by atoms with Crippen molar-refractivity contribution in [3.63, 3.8) is 0 Å². The standard InChI is InChI=1S/C18H33N3O2.ClH/c1-3-5-7-15(4-2)12-17(22)20-10-6-8-16(14-20)21-11-9-19-13-18(21)23;/h15-16,19H,3-14H2,1-2H3;1H. The van der Waals surface area contributed by atoms with Crippen LogP contribution in [0.4, 0.5) is 0 Å². The Hall–Kier alpha value is -0.810. The molecule has 2 aliphatic rings. The first-order valence-corrected chi connectivity index (χ1v) is 9.43. The van der Waals surface area contributed by atoms with Crippen LogP contribution in [0.2, 0.25) is 0 Å². The summed E-state index contributed by atoms with van der Waals surface area (Å²) in [5, 5.41) is 3.12. The number of halogens is 1. The number of rotatable bonds is 7. The van der Waals surface area contributed by atoms with Crippen molar-refractivity contribution in [2.45, 2.75) is 64.8 Å². The number of carbonyl (C=O) groups is 2. The Morgan fingerprint density at radius 2 is 2.12 bits per heavy atom. The van der Waals surface area contributed by atoms with E-state index >= 15 is 0 Å². The third-order valence-corrected chi connectivity index (χ3v) is 5.32. The first-order valence-electron chi connectivity index (χ1n) is 9.43. The van der Waals surface area contributed by atoms with Crippen molar-refractivity contribution in [2.24, 2.45) is 5.92 Å². The predicted molar refractivity (Wildman–Crippen MR) is 99.4 cm³/mol. The fourth-order valence-electron chi connectivity index (χ4n) is 3.76. The summed E-state index contributed by atoms with van der Waals surface area (Å²) in [6.07, 6.45) is 7.37. The number of hydrogen-bond acceptors (Lipinski definition) is 3. The van der Waals surface area contributed by atoms with Gasteiger partial charge >= 0.3 is 0 Å². The van der Waals surface area contributed by atoms with Crippen LogP contribution in [0.5, 0.6) is 0 Å². The minimum Gasteiger partial charge on any atom is -0.341 e. The number of unbranched alkanes of at least 4 members (excludes halogenated alkanes) is 1. The maximum absolute atomic E-state index is 12.7. The number of likely N-dealkylation sites (tertiary alicyclic amines) is 1. The van der Waals surface area contributed by atoms with Crippen LogP contribution in [0.25, 0.3) is 0 Å². The van der Waals surface area contributed by atoms with Crippen molar-refractivity contribution in [3.05, 3.63) is 0 Å².